The van der Waals surface area contributed by atoms with Crippen molar-refractivity contribution in [3.05, 3.63) is 51.7 Å². The molecule has 4 saturated carbocycles. The molecule has 2 aromatic rings. The van der Waals surface area contributed by atoms with E-state index in [1.807, 2.05) is 0 Å². The maximum atomic E-state index is 13.6. The highest BCUT2D eigenvalue weighted by atomic mass is 35.5. The summed E-state index contributed by atoms with van der Waals surface area (Å²) < 4.78 is 14.9. The van der Waals surface area contributed by atoms with E-state index in [0.717, 1.165) is 50.9 Å². The molecular weight excluding hydrogens is 471 g/mol. The lowest BCUT2D eigenvalue weighted by atomic mass is 9.46. The molecule has 5 aliphatic rings. The second-order valence-corrected chi connectivity index (χ2v) is 11.6. The molecule has 1 aliphatic heterocycles. The summed E-state index contributed by atoms with van der Waals surface area (Å²) in [5.74, 6) is -0.112. The second-order valence-electron chi connectivity index (χ2n) is 11.3. The Hall–Kier alpha value is -2.61. The molecule has 5 fully saturated rings. The first-order valence-corrected chi connectivity index (χ1v) is 12.9. The molecule has 1 N–H and O–H groups in total. The number of nitrogens with zero attached hydrogens (tertiary/aromatic N) is 4. The average Bonchev–Trinajstić information content (AvgIpc) is 2.80. The Labute approximate surface area is 208 Å². The number of carboxylic acids is 1. The molecule has 0 radical (unpaired) electrons. The van der Waals surface area contributed by atoms with Crippen LogP contribution >= 0.6 is 11.6 Å². The summed E-state index contributed by atoms with van der Waals surface area (Å²) in [6.07, 6.45) is 7.35. The van der Waals surface area contributed by atoms with E-state index in [4.69, 9.17) is 11.6 Å². The van der Waals surface area contributed by atoms with Crippen LogP contribution in [-0.4, -0.2) is 47.0 Å². The van der Waals surface area contributed by atoms with Crippen LogP contribution in [-0.2, 0) is 10.3 Å². The molecule has 35 heavy (non-hydrogen) atoms. The third kappa shape index (κ3) is 3.90. The average molecular weight is 501 g/mol. The van der Waals surface area contributed by atoms with Gasteiger partial charge in [0.1, 0.15) is 10.8 Å². The van der Waals surface area contributed by atoms with Crippen LogP contribution in [0.4, 0.5) is 15.8 Å². The van der Waals surface area contributed by atoms with Gasteiger partial charge in [-0.1, -0.05) is 11.6 Å². The quantitative estimate of drug-likeness (QED) is 0.665. The van der Waals surface area contributed by atoms with E-state index >= 15 is 0 Å². The van der Waals surface area contributed by atoms with Gasteiger partial charge in [0.15, 0.2) is 0 Å². The number of carbonyl (C=O) groups is 1. The zero-order chi connectivity index (χ0) is 24.4. The van der Waals surface area contributed by atoms with Gasteiger partial charge in [0.25, 0.3) is 5.56 Å². The smallest absolute Gasteiger partial charge is 0.303 e. The van der Waals surface area contributed by atoms with Crippen molar-refractivity contribution in [3.8, 4) is 0 Å². The summed E-state index contributed by atoms with van der Waals surface area (Å²) in [5, 5.41) is 14.4. The number of hydrogen-bond donors (Lipinski definition) is 1. The zero-order valence-electron chi connectivity index (χ0n) is 19.6. The highest BCUT2D eigenvalue weighted by Crippen LogP contribution is 2.65. The van der Waals surface area contributed by atoms with E-state index in [2.05, 4.69) is 14.9 Å². The Morgan fingerprint density at radius 3 is 2.31 bits per heavy atom. The van der Waals surface area contributed by atoms with Gasteiger partial charge in [-0.3, -0.25) is 9.59 Å². The molecule has 7 rings (SSSR count). The molecular formula is C26H30ClFN4O3. The minimum Gasteiger partial charge on any atom is -0.481 e. The Kier molecular flexibility index (Phi) is 5.36. The van der Waals surface area contributed by atoms with Crippen molar-refractivity contribution in [2.24, 2.45) is 17.3 Å². The Morgan fingerprint density at radius 2 is 1.69 bits per heavy atom. The van der Waals surface area contributed by atoms with Crippen molar-refractivity contribution >= 4 is 28.9 Å². The molecule has 1 saturated heterocycles. The van der Waals surface area contributed by atoms with E-state index in [-0.39, 0.29) is 28.2 Å². The fraction of sp³-hybridized carbons (Fsp3) is 0.577. The molecule has 2 heterocycles. The Bertz CT molecular complexity index is 1190. The van der Waals surface area contributed by atoms with Crippen LogP contribution in [0.5, 0.6) is 0 Å². The van der Waals surface area contributed by atoms with Crippen LogP contribution in [0.25, 0.3) is 0 Å². The molecule has 1 aromatic carbocycles. The number of benzene rings is 1. The van der Waals surface area contributed by atoms with Gasteiger partial charge in [-0.25, -0.2) is 9.07 Å². The predicted molar refractivity (Wildman–Crippen MR) is 132 cm³/mol. The van der Waals surface area contributed by atoms with Crippen molar-refractivity contribution in [1.29, 1.82) is 0 Å². The molecule has 1 aromatic heterocycles. The zero-order valence-corrected chi connectivity index (χ0v) is 20.4. The van der Waals surface area contributed by atoms with Crippen molar-refractivity contribution < 1.29 is 14.3 Å². The number of aromatic nitrogens is 2. The van der Waals surface area contributed by atoms with Gasteiger partial charge in [-0.2, -0.15) is 5.10 Å². The predicted octanol–water partition coefficient (Wildman–Crippen LogP) is 4.13. The normalized spacial score (nSPS) is 31.7. The van der Waals surface area contributed by atoms with Gasteiger partial charge in [0.2, 0.25) is 0 Å². The van der Waals surface area contributed by atoms with Crippen LogP contribution in [0.2, 0.25) is 5.02 Å². The molecule has 2 unspecified atom stereocenters. The number of piperazine rings is 1. The number of aliphatic carboxylic acids is 1. The number of rotatable bonds is 5. The van der Waals surface area contributed by atoms with E-state index in [9.17, 15) is 19.1 Å². The van der Waals surface area contributed by atoms with Gasteiger partial charge in [-0.15, -0.1) is 0 Å². The third-order valence-corrected chi connectivity index (χ3v) is 9.19. The third-order valence-electron chi connectivity index (χ3n) is 8.84. The molecule has 9 heteroatoms. The second kappa shape index (κ2) is 8.22. The number of halogens is 2. The summed E-state index contributed by atoms with van der Waals surface area (Å²) in [5.41, 5.74) is 0.691. The summed E-state index contributed by atoms with van der Waals surface area (Å²) >= 11 is 6.70. The van der Waals surface area contributed by atoms with Crippen LogP contribution in [0.15, 0.2) is 35.3 Å². The van der Waals surface area contributed by atoms with Gasteiger partial charge in [0.05, 0.1) is 23.8 Å². The number of hydrogen-bond acceptors (Lipinski definition) is 5. The summed E-state index contributed by atoms with van der Waals surface area (Å²) in [6, 6.07) is 6.49. The first kappa shape index (κ1) is 22.8. The van der Waals surface area contributed by atoms with E-state index in [0.29, 0.717) is 37.0 Å². The molecule has 4 bridgehead atoms. The highest BCUT2D eigenvalue weighted by molar-refractivity contribution is 6.33. The molecule has 4 aliphatic carbocycles. The first-order chi connectivity index (χ1) is 16.8. The minimum atomic E-state index is -0.754. The van der Waals surface area contributed by atoms with Crippen LogP contribution < -0.4 is 15.4 Å². The standard InChI is InChI=1S/C26H30ClFN4O3/c27-23-21(31-7-5-30(6-8-31)20-3-1-19(28)2-4-20)15-29-32(24(23)35)26-12-17-9-18(13-26)11-25(10-17,16-26)14-22(33)34/h1-4,15,17-18H,5-14,16H2,(H,33,34)/t17-,18+,25?,26?. The summed E-state index contributed by atoms with van der Waals surface area (Å²) in [7, 11) is 0. The maximum absolute atomic E-state index is 13.6. The highest BCUT2D eigenvalue weighted by Gasteiger charge is 2.59. The van der Waals surface area contributed by atoms with Crippen molar-refractivity contribution in [2.45, 2.75) is 50.5 Å². The van der Waals surface area contributed by atoms with E-state index in [1.165, 1.54) is 12.1 Å². The van der Waals surface area contributed by atoms with Gasteiger partial charge >= 0.3 is 5.97 Å². The van der Waals surface area contributed by atoms with Crippen molar-refractivity contribution in [2.75, 3.05) is 36.0 Å². The van der Waals surface area contributed by atoms with Crippen molar-refractivity contribution in [3.63, 3.8) is 0 Å². The first-order valence-electron chi connectivity index (χ1n) is 12.5. The lowest BCUT2D eigenvalue weighted by Crippen LogP contribution is -2.59. The largest absolute Gasteiger partial charge is 0.481 e. The summed E-state index contributed by atoms with van der Waals surface area (Å²) in [4.78, 5) is 29.5. The van der Waals surface area contributed by atoms with Crippen LogP contribution in [0.1, 0.15) is 44.9 Å². The van der Waals surface area contributed by atoms with E-state index < -0.39 is 11.5 Å². The molecule has 0 spiro atoms. The fourth-order valence-electron chi connectivity index (χ4n) is 8.02. The Balaban J connectivity index is 1.24. The van der Waals surface area contributed by atoms with Crippen LogP contribution in [0.3, 0.4) is 0 Å². The SMILES string of the molecule is O=C(O)CC12C[C@H]3C[C@@H](C1)CC(n1ncc(N4CCN(c5ccc(F)cc5)CC4)c(Cl)c1=O)(C3)C2. The fourth-order valence-corrected chi connectivity index (χ4v) is 8.27. The molecule has 186 valence electrons. The van der Waals surface area contributed by atoms with Gasteiger partial charge in [0, 0.05) is 31.9 Å². The monoisotopic (exact) mass is 500 g/mol. The minimum absolute atomic E-state index is 0.167. The van der Waals surface area contributed by atoms with Crippen LogP contribution in [0, 0.1) is 23.1 Å². The van der Waals surface area contributed by atoms with Crippen molar-refractivity contribution in [1.82, 2.24) is 9.78 Å². The maximum Gasteiger partial charge on any atom is 0.303 e. The summed E-state index contributed by atoms with van der Waals surface area (Å²) in [6.45, 7) is 2.82. The molecule has 7 nitrogen and oxygen atoms in total. The van der Waals surface area contributed by atoms with Gasteiger partial charge in [-0.05, 0) is 80.0 Å². The molecule has 0 amide bonds. The lowest BCUT2D eigenvalue weighted by Gasteiger charge is -2.61. The Morgan fingerprint density at radius 1 is 1.06 bits per heavy atom. The van der Waals surface area contributed by atoms with Gasteiger partial charge < -0.3 is 14.9 Å². The number of anilines is 2. The van der Waals surface area contributed by atoms with E-state index in [1.54, 1.807) is 23.0 Å². The molecule has 4 atom stereocenters. The topological polar surface area (TPSA) is 78.7 Å². The number of carboxylic acid groups (broad SMARTS) is 1. The lowest BCUT2D eigenvalue weighted by molar-refractivity contribution is -0.151.